The van der Waals surface area contributed by atoms with Crippen LogP contribution in [0.1, 0.15) is 56.0 Å². The molecular formula is C18H27NO2. The highest BCUT2D eigenvalue weighted by Gasteiger charge is 2.20. The van der Waals surface area contributed by atoms with Crippen molar-refractivity contribution in [2.24, 2.45) is 0 Å². The van der Waals surface area contributed by atoms with Crippen LogP contribution in [0.15, 0.2) is 18.2 Å². The van der Waals surface area contributed by atoms with Crippen molar-refractivity contribution < 1.29 is 9.53 Å². The number of carbonyl (C=O) groups excluding carboxylic acids is 1. The zero-order valence-electron chi connectivity index (χ0n) is 13.7. The van der Waals surface area contributed by atoms with Gasteiger partial charge < -0.3 is 9.64 Å². The maximum absolute atomic E-state index is 12.6. The van der Waals surface area contributed by atoms with Gasteiger partial charge in [0.25, 0.3) is 0 Å². The Balaban J connectivity index is 2.13. The molecule has 116 valence electrons. The molecule has 0 aliphatic carbocycles. The van der Waals surface area contributed by atoms with Crippen LogP contribution in [0.25, 0.3) is 0 Å². The first kappa shape index (κ1) is 16.0. The number of methoxy groups -OCH3 is 1. The van der Waals surface area contributed by atoms with Gasteiger partial charge in [-0.3, -0.25) is 4.79 Å². The van der Waals surface area contributed by atoms with E-state index in [4.69, 9.17) is 4.74 Å². The molecule has 0 spiro atoms. The molecule has 1 aromatic rings. The molecule has 0 radical (unpaired) electrons. The number of hydrogen-bond donors (Lipinski definition) is 0. The molecule has 1 aliphatic rings. The molecule has 1 fully saturated rings. The largest absolute Gasteiger partial charge is 0.496 e. The van der Waals surface area contributed by atoms with Crippen LogP contribution in [-0.4, -0.2) is 37.4 Å². The molecule has 1 saturated heterocycles. The van der Waals surface area contributed by atoms with Crippen molar-refractivity contribution in [2.75, 3.05) is 26.7 Å². The van der Waals surface area contributed by atoms with Crippen molar-refractivity contribution in [1.29, 1.82) is 0 Å². The average Bonchev–Trinajstić information content (AvgIpc) is 2.96. The summed E-state index contributed by atoms with van der Waals surface area (Å²) in [7, 11) is 1.63. The van der Waals surface area contributed by atoms with Crippen LogP contribution in [0.4, 0.5) is 0 Å². The second-order valence-electron chi connectivity index (χ2n) is 6.89. The molecule has 21 heavy (non-hydrogen) atoms. The molecule has 0 saturated carbocycles. The Hall–Kier alpha value is -1.35. The summed E-state index contributed by atoms with van der Waals surface area (Å²) in [4.78, 5) is 14.9. The van der Waals surface area contributed by atoms with E-state index in [1.165, 1.54) is 18.4 Å². The van der Waals surface area contributed by atoms with Gasteiger partial charge in [0.15, 0.2) is 5.78 Å². The van der Waals surface area contributed by atoms with Gasteiger partial charge in [-0.25, -0.2) is 0 Å². The summed E-state index contributed by atoms with van der Waals surface area (Å²) in [5, 5.41) is 0. The fourth-order valence-corrected chi connectivity index (χ4v) is 2.79. The zero-order valence-corrected chi connectivity index (χ0v) is 13.7. The summed E-state index contributed by atoms with van der Waals surface area (Å²) in [5.74, 6) is 0.874. The lowest BCUT2D eigenvalue weighted by atomic mass is 9.85. The molecule has 1 heterocycles. The third-order valence-electron chi connectivity index (χ3n) is 4.22. The first-order valence-electron chi connectivity index (χ1n) is 7.86. The van der Waals surface area contributed by atoms with Crippen LogP contribution >= 0.6 is 0 Å². The van der Waals surface area contributed by atoms with E-state index < -0.39 is 0 Å². The minimum Gasteiger partial charge on any atom is -0.496 e. The number of hydrogen-bond acceptors (Lipinski definition) is 3. The lowest BCUT2D eigenvalue weighted by Gasteiger charge is -2.21. The number of benzene rings is 1. The fraction of sp³-hybridized carbons (Fsp3) is 0.611. The van der Waals surface area contributed by atoms with Crippen molar-refractivity contribution >= 4 is 5.78 Å². The van der Waals surface area contributed by atoms with Crippen molar-refractivity contribution in [1.82, 2.24) is 4.90 Å². The monoisotopic (exact) mass is 289 g/mol. The number of likely N-dealkylation sites (tertiary alicyclic amines) is 1. The summed E-state index contributed by atoms with van der Waals surface area (Å²) in [5.41, 5.74) is 1.94. The SMILES string of the molecule is COc1ccc(C(C)(C)C)cc1C(=O)CCN1CCCC1. The highest BCUT2D eigenvalue weighted by Crippen LogP contribution is 2.28. The third-order valence-corrected chi connectivity index (χ3v) is 4.22. The maximum Gasteiger partial charge on any atom is 0.167 e. The lowest BCUT2D eigenvalue weighted by Crippen LogP contribution is -2.23. The Kier molecular flexibility index (Phi) is 5.04. The Labute approximate surface area is 128 Å². The smallest absolute Gasteiger partial charge is 0.167 e. The molecule has 0 N–H and O–H groups in total. The Morgan fingerprint density at radius 2 is 1.90 bits per heavy atom. The first-order valence-corrected chi connectivity index (χ1v) is 7.86. The average molecular weight is 289 g/mol. The van der Waals surface area contributed by atoms with Gasteiger partial charge >= 0.3 is 0 Å². The van der Waals surface area contributed by atoms with E-state index >= 15 is 0 Å². The number of ether oxygens (including phenoxy) is 1. The summed E-state index contributed by atoms with van der Waals surface area (Å²) < 4.78 is 5.37. The number of nitrogens with zero attached hydrogens (tertiary/aromatic N) is 1. The van der Waals surface area contributed by atoms with Crippen LogP contribution < -0.4 is 4.74 Å². The van der Waals surface area contributed by atoms with Crippen molar-refractivity contribution in [2.45, 2.75) is 45.4 Å². The Morgan fingerprint density at radius 1 is 1.24 bits per heavy atom. The lowest BCUT2D eigenvalue weighted by molar-refractivity contribution is 0.0966. The van der Waals surface area contributed by atoms with Gasteiger partial charge in [-0.1, -0.05) is 26.8 Å². The number of carbonyl (C=O) groups is 1. The Morgan fingerprint density at radius 3 is 2.48 bits per heavy atom. The van der Waals surface area contributed by atoms with Crippen LogP contribution in [0.5, 0.6) is 5.75 Å². The number of Topliss-reactive ketones (excluding diaryl/α,β-unsaturated/α-hetero) is 1. The number of ketones is 1. The highest BCUT2D eigenvalue weighted by molar-refractivity contribution is 5.99. The van der Waals surface area contributed by atoms with Gasteiger partial charge in [-0.05, 0) is 49.0 Å². The molecule has 3 heteroatoms. The number of rotatable bonds is 5. The van der Waals surface area contributed by atoms with Crippen LogP contribution in [-0.2, 0) is 5.41 Å². The summed E-state index contributed by atoms with van der Waals surface area (Å²) in [6.45, 7) is 9.61. The van der Waals surface area contributed by atoms with Gasteiger partial charge in [0, 0.05) is 13.0 Å². The summed E-state index contributed by atoms with van der Waals surface area (Å²) in [6.07, 6.45) is 3.10. The van der Waals surface area contributed by atoms with E-state index in [1.807, 2.05) is 12.1 Å². The molecule has 3 nitrogen and oxygen atoms in total. The van der Waals surface area contributed by atoms with E-state index in [2.05, 4.69) is 31.7 Å². The van der Waals surface area contributed by atoms with E-state index in [0.717, 1.165) is 25.2 Å². The zero-order chi connectivity index (χ0) is 15.5. The van der Waals surface area contributed by atoms with Gasteiger partial charge in [-0.2, -0.15) is 0 Å². The summed E-state index contributed by atoms with van der Waals surface area (Å²) >= 11 is 0. The van der Waals surface area contributed by atoms with E-state index in [-0.39, 0.29) is 11.2 Å². The molecule has 0 unspecified atom stereocenters. The molecule has 0 bridgehead atoms. The first-order chi connectivity index (χ1) is 9.91. The molecule has 0 amide bonds. The Bertz CT molecular complexity index is 496. The maximum atomic E-state index is 12.6. The van der Waals surface area contributed by atoms with E-state index in [0.29, 0.717) is 12.2 Å². The van der Waals surface area contributed by atoms with Gasteiger partial charge in [0.05, 0.1) is 12.7 Å². The normalized spacial score (nSPS) is 16.2. The van der Waals surface area contributed by atoms with Crippen molar-refractivity contribution in [3.05, 3.63) is 29.3 Å². The van der Waals surface area contributed by atoms with Gasteiger partial charge in [0.2, 0.25) is 0 Å². The fourth-order valence-electron chi connectivity index (χ4n) is 2.79. The molecule has 1 aromatic carbocycles. The van der Waals surface area contributed by atoms with Gasteiger partial charge in [0.1, 0.15) is 5.75 Å². The topological polar surface area (TPSA) is 29.5 Å². The van der Waals surface area contributed by atoms with E-state index in [9.17, 15) is 4.79 Å². The molecule has 2 rings (SSSR count). The van der Waals surface area contributed by atoms with Crippen LogP contribution in [0.3, 0.4) is 0 Å². The second kappa shape index (κ2) is 6.61. The highest BCUT2D eigenvalue weighted by atomic mass is 16.5. The standard InChI is InChI=1S/C18H27NO2/c1-18(2,3)14-7-8-17(21-4)15(13-14)16(20)9-12-19-10-5-6-11-19/h7-8,13H,5-6,9-12H2,1-4H3. The molecule has 0 atom stereocenters. The minimum atomic E-state index is 0.0380. The summed E-state index contributed by atoms with van der Waals surface area (Å²) in [6, 6.07) is 5.98. The van der Waals surface area contributed by atoms with E-state index in [1.54, 1.807) is 7.11 Å². The second-order valence-corrected chi connectivity index (χ2v) is 6.89. The van der Waals surface area contributed by atoms with Crippen molar-refractivity contribution in [3.63, 3.8) is 0 Å². The molecule has 1 aliphatic heterocycles. The third kappa shape index (κ3) is 4.07. The van der Waals surface area contributed by atoms with Gasteiger partial charge in [-0.15, -0.1) is 0 Å². The predicted molar refractivity (Wildman–Crippen MR) is 86.3 cm³/mol. The quantitative estimate of drug-likeness (QED) is 0.775. The van der Waals surface area contributed by atoms with Crippen LogP contribution in [0, 0.1) is 0 Å². The van der Waals surface area contributed by atoms with Crippen LogP contribution in [0.2, 0.25) is 0 Å². The van der Waals surface area contributed by atoms with Crippen molar-refractivity contribution in [3.8, 4) is 5.75 Å². The molecule has 0 aromatic heterocycles. The minimum absolute atomic E-state index is 0.0380. The molecular weight excluding hydrogens is 262 g/mol. The predicted octanol–water partition coefficient (Wildman–Crippen LogP) is 3.66.